The highest BCUT2D eigenvalue weighted by atomic mass is 16.4. The maximum atomic E-state index is 14.2. The molecule has 3 amide bonds. The monoisotopic (exact) mass is 832 g/mol. The predicted molar refractivity (Wildman–Crippen MR) is 241 cm³/mol. The molecule has 12 heteroatoms. The van der Waals surface area contributed by atoms with Gasteiger partial charge in [0.1, 0.15) is 17.7 Å². The Morgan fingerprint density at radius 1 is 0.694 bits per heavy atom. The highest BCUT2D eigenvalue weighted by Gasteiger charge is 2.38. The molecule has 0 bridgehead atoms. The first-order chi connectivity index (χ1) is 30.2. The molecule has 0 saturated carbocycles. The molecule has 4 aromatic carbocycles. The minimum absolute atomic E-state index is 0.0709. The lowest BCUT2D eigenvalue weighted by molar-refractivity contribution is -0.138. The molecular weight excluding hydrogens is 777 g/mol. The van der Waals surface area contributed by atoms with Crippen molar-refractivity contribution in [1.82, 2.24) is 39.5 Å². The third kappa shape index (κ3) is 9.06. The van der Waals surface area contributed by atoms with Crippen LogP contribution in [0, 0.1) is 0 Å². The Kier molecular flexibility index (Phi) is 12.9. The second-order valence-electron chi connectivity index (χ2n) is 16.4. The zero-order chi connectivity index (χ0) is 43.2. The number of carbonyl (C=O) groups is 3. The zero-order valence-electron chi connectivity index (χ0n) is 35.8. The summed E-state index contributed by atoms with van der Waals surface area (Å²) >= 11 is 0. The molecule has 0 unspecified atom stereocenters. The van der Waals surface area contributed by atoms with Crippen molar-refractivity contribution in [1.29, 1.82) is 0 Å². The van der Waals surface area contributed by atoms with Crippen LogP contribution in [0.25, 0.3) is 33.6 Å². The summed E-state index contributed by atoms with van der Waals surface area (Å²) in [5.74, 6) is 1.62. The van der Waals surface area contributed by atoms with Gasteiger partial charge in [-0.15, -0.1) is 0 Å². The van der Waals surface area contributed by atoms with Crippen molar-refractivity contribution in [2.45, 2.75) is 76.5 Å². The number of amides is 3. The van der Waals surface area contributed by atoms with Crippen molar-refractivity contribution in [3.8, 4) is 33.6 Å². The normalized spacial score (nSPS) is 17.4. The van der Waals surface area contributed by atoms with Gasteiger partial charge < -0.3 is 29.8 Å². The standard InChI is InChI=1S/C50H56N8O4/c1-4-56(5-2)46(39-16-10-7-11-17-39)49(60)58-29-13-19-44(58)48-52-33-42(54-48)38-26-22-36(23-27-38)35-20-24-37(25-21-35)41-32-51-47(53-41)43-18-12-28-57(43)45(59)31-40(55(3)50(61)62)30-34-14-8-6-9-15-34/h6-11,14-17,20-27,32-33,40,43-44,46H,4-5,12-13,18-19,28-31H2,1-3H3,(H,51,53)(H,52,54)(H,61,62)/t40-,43+,44+,46-/m1/s1. The Bertz CT molecular complexity index is 2430. The van der Waals surface area contributed by atoms with Crippen LogP contribution in [0.3, 0.4) is 0 Å². The third-order valence-electron chi connectivity index (χ3n) is 12.8. The number of hydrogen-bond donors (Lipinski definition) is 3. The molecule has 0 aliphatic carbocycles. The van der Waals surface area contributed by atoms with Crippen molar-refractivity contribution >= 4 is 17.9 Å². The number of likely N-dealkylation sites (N-methyl/N-ethyl adjacent to an activating group) is 2. The van der Waals surface area contributed by atoms with E-state index in [0.717, 1.165) is 95.2 Å². The third-order valence-corrected chi connectivity index (χ3v) is 12.8. The number of nitrogens with one attached hydrogen (secondary N) is 2. The molecule has 2 saturated heterocycles. The SMILES string of the molecule is CCN(CC)[C@@H](C(=O)N1CCC[C@H]1c1ncc(-c2ccc(-c3ccc(-c4cnc([C@@H]5CCCN5C(=O)C[C@@H](Cc5ccccc5)N(C)C(=O)O)[nH]4)cc3)cc2)[nH]1)c1ccccc1. The lowest BCUT2D eigenvalue weighted by atomic mass is 10.0. The first-order valence-electron chi connectivity index (χ1n) is 21.9. The summed E-state index contributed by atoms with van der Waals surface area (Å²) in [4.78, 5) is 63.9. The summed E-state index contributed by atoms with van der Waals surface area (Å²) in [6, 6.07) is 35.5. The maximum absolute atomic E-state index is 14.2. The number of aromatic amines is 2. The molecule has 4 atom stereocenters. The second kappa shape index (κ2) is 19.0. The highest BCUT2D eigenvalue weighted by Crippen LogP contribution is 2.37. The van der Waals surface area contributed by atoms with Gasteiger partial charge >= 0.3 is 6.09 Å². The van der Waals surface area contributed by atoms with Crippen LogP contribution < -0.4 is 0 Å². The zero-order valence-corrected chi connectivity index (χ0v) is 35.8. The van der Waals surface area contributed by atoms with Crippen LogP contribution in [0.5, 0.6) is 0 Å². The Labute approximate surface area is 363 Å². The van der Waals surface area contributed by atoms with E-state index in [4.69, 9.17) is 9.97 Å². The molecule has 0 radical (unpaired) electrons. The van der Waals surface area contributed by atoms with Crippen molar-refractivity contribution in [3.05, 3.63) is 144 Å². The average Bonchev–Trinajstić information content (AvgIpc) is 4.16. The fourth-order valence-corrected chi connectivity index (χ4v) is 9.25. The van der Waals surface area contributed by atoms with Crippen molar-refractivity contribution < 1.29 is 19.5 Å². The molecule has 2 aromatic heterocycles. The summed E-state index contributed by atoms with van der Waals surface area (Å²) in [7, 11) is 1.53. The smallest absolute Gasteiger partial charge is 0.407 e. The Hall–Kier alpha value is -6.53. The lowest BCUT2D eigenvalue weighted by Gasteiger charge is -2.34. The number of aromatic nitrogens is 4. The van der Waals surface area contributed by atoms with E-state index in [-0.39, 0.29) is 36.4 Å². The topological polar surface area (TPSA) is 142 Å². The molecule has 3 N–H and O–H groups in total. The largest absolute Gasteiger partial charge is 0.465 e. The van der Waals surface area contributed by atoms with Gasteiger partial charge in [0.05, 0.1) is 35.9 Å². The molecule has 2 fully saturated rings. The Balaban J connectivity index is 0.911. The molecule has 4 heterocycles. The number of nitrogens with zero attached hydrogens (tertiary/aromatic N) is 6. The van der Waals surface area contributed by atoms with Crippen LogP contribution in [-0.2, 0) is 16.0 Å². The summed E-state index contributed by atoms with van der Waals surface area (Å²) in [5.41, 5.74) is 7.97. The van der Waals surface area contributed by atoms with Gasteiger partial charge in [-0.05, 0) is 78.6 Å². The lowest BCUT2D eigenvalue weighted by Crippen LogP contribution is -2.43. The average molecular weight is 833 g/mol. The summed E-state index contributed by atoms with van der Waals surface area (Å²) in [6.07, 6.45) is 6.65. The van der Waals surface area contributed by atoms with E-state index < -0.39 is 12.1 Å². The van der Waals surface area contributed by atoms with E-state index in [0.29, 0.717) is 19.5 Å². The molecule has 6 aromatic rings. The minimum atomic E-state index is -1.05. The van der Waals surface area contributed by atoms with Crippen molar-refractivity contribution in [2.75, 3.05) is 33.2 Å². The van der Waals surface area contributed by atoms with Crippen molar-refractivity contribution in [3.63, 3.8) is 0 Å². The predicted octanol–water partition coefficient (Wildman–Crippen LogP) is 9.16. The molecule has 8 rings (SSSR count). The second-order valence-corrected chi connectivity index (χ2v) is 16.4. The highest BCUT2D eigenvalue weighted by molar-refractivity contribution is 5.84. The van der Waals surface area contributed by atoms with Crippen LogP contribution in [0.15, 0.2) is 122 Å². The van der Waals surface area contributed by atoms with Gasteiger partial charge in [-0.1, -0.05) is 123 Å². The number of likely N-dealkylation sites (tertiary alicyclic amines) is 2. The Morgan fingerprint density at radius 2 is 1.18 bits per heavy atom. The van der Waals surface area contributed by atoms with E-state index in [1.165, 1.54) is 11.9 Å². The molecule has 12 nitrogen and oxygen atoms in total. The molecule has 62 heavy (non-hydrogen) atoms. The van der Waals surface area contributed by atoms with Crippen molar-refractivity contribution in [2.24, 2.45) is 0 Å². The summed E-state index contributed by atoms with van der Waals surface area (Å²) < 4.78 is 0. The van der Waals surface area contributed by atoms with Gasteiger partial charge in [-0.3, -0.25) is 14.5 Å². The van der Waals surface area contributed by atoms with Crippen LogP contribution >= 0.6 is 0 Å². The summed E-state index contributed by atoms with van der Waals surface area (Å²) in [5, 5.41) is 9.77. The van der Waals surface area contributed by atoms with Crippen LogP contribution in [0.2, 0.25) is 0 Å². The Morgan fingerprint density at radius 3 is 1.69 bits per heavy atom. The van der Waals surface area contributed by atoms with Gasteiger partial charge in [0.15, 0.2) is 0 Å². The molecule has 320 valence electrons. The van der Waals surface area contributed by atoms with E-state index in [1.54, 1.807) is 0 Å². The maximum Gasteiger partial charge on any atom is 0.407 e. The minimum Gasteiger partial charge on any atom is -0.465 e. The number of imidazole rings is 2. The number of H-pyrrole nitrogens is 2. The molecular formula is C50H56N8O4. The number of hydrogen-bond acceptors (Lipinski definition) is 6. The number of benzene rings is 4. The summed E-state index contributed by atoms with van der Waals surface area (Å²) in [6.45, 7) is 7.12. The first-order valence-corrected chi connectivity index (χ1v) is 21.9. The van der Waals surface area contributed by atoms with Crippen LogP contribution in [0.1, 0.15) is 86.9 Å². The number of rotatable bonds is 15. The molecule has 2 aliphatic heterocycles. The van der Waals surface area contributed by atoms with Crippen LogP contribution in [0.4, 0.5) is 4.79 Å². The fraction of sp³-hybridized carbons (Fsp3) is 0.340. The number of carboxylic acid groups (broad SMARTS) is 1. The molecule has 2 aliphatic rings. The molecule has 0 spiro atoms. The van der Waals surface area contributed by atoms with Gasteiger partial charge in [0, 0.05) is 32.6 Å². The van der Waals surface area contributed by atoms with Gasteiger partial charge in [0.25, 0.3) is 0 Å². The van der Waals surface area contributed by atoms with Gasteiger partial charge in [0.2, 0.25) is 11.8 Å². The van der Waals surface area contributed by atoms with E-state index in [1.807, 2.05) is 70.7 Å². The quantitative estimate of drug-likeness (QED) is 0.0937. The van der Waals surface area contributed by atoms with E-state index in [9.17, 15) is 19.5 Å². The number of carbonyl (C=O) groups excluding carboxylic acids is 2. The van der Waals surface area contributed by atoms with Gasteiger partial charge in [-0.25, -0.2) is 14.8 Å². The van der Waals surface area contributed by atoms with E-state index >= 15 is 0 Å². The van der Waals surface area contributed by atoms with Crippen LogP contribution in [-0.4, -0.2) is 102 Å². The first kappa shape index (κ1) is 42.2. The van der Waals surface area contributed by atoms with E-state index in [2.05, 4.69) is 89.4 Å². The van der Waals surface area contributed by atoms with Gasteiger partial charge in [-0.2, -0.15) is 0 Å². The fourth-order valence-electron chi connectivity index (χ4n) is 9.25.